The molecule has 4 rings (SSSR count). The Morgan fingerprint density at radius 3 is 2.58 bits per heavy atom. The summed E-state index contributed by atoms with van der Waals surface area (Å²) >= 11 is 5.98. The molecule has 0 atom stereocenters. The first-order chi connectivity index (χ1) is 14.9. The van der Waals surface area contributed by atoms with Gasteiger partial charge >= 0.3 is 5.69 Å². The summed E-state index contributed by atoms with van der Waals surface area (Å²) in [4.78, 5) is 34.2. The molecule has 4 aromatic rings. The van der Waals surface area contributed by atoms with Crippen LogP contribution in [0.25, 0.3) is 11.2 Å². The number of aliphatic hydroxyl groups is 1. The molecule has 0 bridgehead atoms. The number of ether oxygens (including phenoxy) is 1. The highest BCUT2D eigenvalue weighted by Crippen LogP contribution is 2.21. The van der Waals surface area contributed by atoms with Gasteiger partial charge in [-0.05, 0) is 24.6 Å². The number of aromatic nitrogens is 5. The predicted molar refractivity (Wildman–Crippen MR) is 112 cm³/mol. The molecule has 0 fully saturated rings. The first-order valence-corrected chi connectivity index (χ1v) is 9.86. The molecule has 0 saturated carbocycles. The van der Waals surface area contributed by atoms with Crippen molar-refractivity contribution in [2.45, 2.75) is 26.6 Å². The van der Waals surface area contributed by atoms with Crippen molar-refractivity contribution in [2.24, 2.45) is 7.05 Å². The third kappa shape index (κ3) is 3.99. The van der Waals surface area contributed by atoms with Crippen molar-refractivity contribution in [3.8, 4) is 6.01 Å². The topological polar surface area (TPSA) is 117 Å². The zero-order valence-corrected chi connectivity index (χ0v) is 17.7. The van der Waals surface area contributed by atoms with Gasteiger partial charge in [0.25, 0.3) is 11.6 Å². The van der Waals surface area contributed by atoms with Crippen LogP contribution in [0.5, 0.6) is 6.01 Å². The van der Waals surface area contributed by atoms with Crippen molar-refractivity contribution in [2.75, 3.05) is 6.61 Å². The Labute approximate surface area is 180 Å². The predicted octanol–water partition coefficient (Wildman–Crippen LogP) is 1.47. The maximum Gasteiger partial charge on any atom is 0.332 e. The van der Waals surface area contributed by atoms with Crippen molar-refractivity contribution in [3.63, 3.8) is 0 Å². The first-order valence-electron chi connectivity index (χ1n) is 9.48. The number of nitrogens with zero attached hydrogens (tertiary/aromatic N) is 5. The van der Waals surface area contributed by atoms with Crippen molar-refractivity contribution >= 4 is 22.8 Å². The molecule has 0 radical (unpaired) electrons. The SMILES string of the molecule is Cc1cnc(COc2nc3c(c(=O)n(CCO)c(=O)n3C)n2Cc2ccc(Cl)cc2)o1. The summed E-state index contributed by atoms with van der Waals surface area (Å²) in [5.74, 6) is 0.997. The zero-order valence-electron chi connectivity index (χ0n) is 16.9. The van der Waals surface area contributed by atoms with Crippen molar-refractivity contribution in [3.05, 3.63) is 73.5 Å². The standard InChI is InChI=1S/C20H20ClN5O5/c1-12-9-22-15(31-12)11-30-19-23-17-16(18(28)25(7-8-27)20(29)24(17)2)26(19)10-13-3-5-14(21)6-4-13/h3-6,9,27H,7-8,10-11H2,1-2H3. The Balaban J connectivity index is 1.86. The van der Waals surface area contributed by atoms with Gasteiger partial charge in [-0.25, -0.2) is 9.78 Å². The van der Waals surface area contributed by atoms with Crippen LogP contribution >= 0.6 is 11.6 Å². The molecule has 1 N–H and O–H groups in total. The maximum absolute atomic E-state index is 13.1. The van der Waals surface area contributed by atoms with Gasteiger partial charge in [0.1, 0.15) is 5.76 Å². The van der Waals surface area contributed by atoms with Gasteiger partial charge in [0.2, 0.25) is 5.89 Å². The number of aliphatic hydroxyl groups excluding tert-OH is 1. The Bertz CT molecular complexity index is 1350. The van der Waals surface area contributed by atoms with Crippen LogP contribution in [0.3, 0.4) is 0 Å². The van der Waals surface area contributed by atoms with Gasteiger partial charge in [-0.2, -0.15) is 4.98 Å². The Morgan fingerprint density at radius 2 is 1.94 bits per heavy atom. The molecule has 0 unspecified atom stereocenters. The number of hydrogen-bond acceptors (Lipinski definition) is 7. The van der Waals surface area contributed by atoms with E-state index in [9.17, 15) is 14.7 Å². The van der Waals surface area contributed by atoms with Crippen LogP contribution in [-0.2, 0) is 26.7 Å². The molecule has 11 heteroatoms. The number of imidazole rings is 1. The van der Waals surface area contributed by atoms with Gasteiger partial charge in [0.15, 0.2) is 17.8 Å². The molecule has 1 aromatic carbocycles. The monoisotopic (exact) mass is 445 g/mol. The van der Waals surface area contributed by atoms with Gasteiger partial charge in [0, 0.05) is 12.1 Å². The van der Waals surface area contributed by atoms with E-state index in [0.29, 0.717) is 16.7 Å². The van der Waals surface area contributed by atoms with E-state index in [4.69, 9.17) is 20.8 Å². The van der Waals surface area contributed by atoms with Crippen LogP contribution in [0.4, 0.5) is 0 Å². The summed E-state index contributed by atoms with van der Waals surface area (Å²) in [5.41, 5.74) is 0.0799. The number of fused-ring (bicyclic) bond motifs is 1. The van der Waals surface area contributed by atoms with Crippen LogP contribution < -0.4 is 16.0 Å². The highest BCUT2D eigenvalue weighted by Gasteiger charge is 2.22. The van der Waals surface area contributed by atoms with E-state index in [1.807, 2.05) is 12.1 Å². The van der Waals surface area contributed by atoms with Crippen LogP contribution in [0, 0.1) is 6.92 Å². The summed E-state index contributed by atoms with van der Waals surface area (Å²) in [5, 5.41) is 9.88. The van der Waals surface area contributed by atoms with E-state index in [1.54, 1.807) is 29.8 Å². The second-order valence-electron chi connectivity index (χ2n) is 6.95. The molecule has 162 valence electrons. The molecule has 0 aliphatic carbocycles. The first kappa shape index (κ1) is 20.9. The summed E-state index contributed by atoms with van der Waals surface area (Å²) in [6, 6.07) is 7.26. The van der Waals surface area contributed by atoms with Gasteiger partial charge in [-0.1, -0.05) is 23.7 Å². The van der Waals surface area contributed by atoms with Crippen LogP contribution in [-0.4, -0.2) is 35.4 Å². The molecular weight excluding hydrogens is 426 g/mol. The largest absolute Gasteiger partial charge is 0.455 e. The van der Waals surface area contributed by atoms with E-state index in [0.717, 1.165) is 10.1 Å². The minimum Gasteiger partial charge on any atom is -0.455 e. The average molecular weight is 446 g/mol. The quantitative estimate of drug-likeness (QED) is 0.457. The number of hydrogen-bond donors (Lipinski definition) is 1. The smallest absolute Gasteiger partial charge is 0.332 e. The van der Waals surface area contributed by atoms with E-state index >= 15 is 0 Å². The van der Waals surface area contributed by atoms with Gasteiger partial charge in [-0.3, -0.25) is 18.5 Å². The zero-order chi connectivity index (χ0) is 22.1. The fourth-order valence-corrected chi connectivity index (χ4v) is 3.40. The fraction of sp³-hybridized carbons (Fsp3) is 0.300. The lowest BCUT2D eigenvalue weighted by Crippen LogP contribution is -2.40. The van der Waals surface area contributed by atoms with E-state index in [2.05, 4.69) is 9.97 Å². The van der Waals surface area contributed by atoms with E-state index in [-0.39, 0.29) is 43.5 Å². The third-order valence-corrected chi connectivity index (χ3v) is 5.02. The normalized spacial score (nSPS) is 11.4. The molecule has 10 nitrogen and oxygen atoms in total. The lowest BCUT2D eigenvalue weighted by atomic mass is 10.2. The fourth-order valence-electron chi connectivity index (χ4n) is 3.27. The Hall–Kier alpha value is -3.37. The molecule has 3 heterocycles. The summed E-state index contributed by atoms with van der Waals surface area (Å²) in [6.45, 7) is 1.54. The second kappa shape index (κ2) is 8.40. The second-order valence-corrected chi connectivity index (χ2v) is 7.39. The van der Waals surface area contributed by atoms with Crippen LogP contribution in [0.15, 0.2) is 44.5 Å². The van der Waals surface area contributed by atoms with Crippen LogP contribution in [0.1, 0.15) is 17.2 Å². The average Bonchev–Trinajstić information content (AvgIpc) is 3.33. The maximum atomic E-state index is 13.1. The summed E-state index contributed by atoms with van der Waals surface area (Å²) < 4.78 is 15.1. The third-order valence-electron chi connectivity index (χ3n) is 4.77. The lowest BCUT2D eigenvalue weighted by Gasteiger charge is -2.11. The minimum atomic E-state index is -0.572. The molecular formula is C20H20ClN5O5. The van der Waals surface area contributed by atoms with Gasteiger partial charge in [0.05, 0.1) is 25.9 Å². The molecule has 0 aliphatic rings. The number of aryl methyl sites for hydroxylation is 2. The highest BCUT2D eigenvalue weighted by molar-refractivity contribution is 6.30. The van der Waals surface area contributed by atoms with Crippen molar-refractivity contribution in [1.82, 2.24) is 23.7 Å². The van der Waals surface area contributed by atoms with E-state index < -0.39 is 11.2 Å². The Kier molecular flexibility index (Phi) is 5.66. The molecule has 0 saturated heterocycles. The number of rotatable bonds is 7. The highest BCUT2D eigenvalue weighted by atomic mass is 35.5. The van der Waals surface area contributed by atoms with Crippen LogP contribution in [0.2, 0.25) is 5.02 Å². The van der Waals surface area contributed by atoms with Crippen molar-refractivity contribution < 1.29 is 14.3 Å². The molecule has 3 aromatic heterocycles. The molecule has 0 aliphatic heterocycles. The van der Waals surface area contributed by atoms with Gasteiger partial charge in [-0.15, -0.1) is 0 Å². The minimum absolute atomic E-state index is 0.00342. The molecule has 0 amide bonds. The summed E-state index contributed by atoms with van der Waals surface area (Å²) in [7, 11) is 1.51. The van der Waals surface area contributed by atoms with E-state index in [1.165, 1.54) is 11.6 Å². The molecule has 0 spiro atoms. The number of benzene rings is 1. The van der Waals surface area contributed by atoms with Crippen molar-refractivity contribution in [1.29, 1.82) is 0 Å². The lowest BCUT2D eigenvalue weighted by molar-refractivity contribution is 0.234. The molecule has 31 heavy (non-hydrogen) atoms. The number of halogens is 1. The number of oxazole rings is 1. The van der Waals surface area contributed by atoms with Gasteiger partial charge < -0.3 is 14.3 Å². The summed E-state index contributed by atoms with van der Waals surface area (Å²) in [6.07, 6.45) is 1.58. The Morgan fingerprint density at radius 1 is 1.19 bits per heavy atom.